The molecule has 0 bridgehead atoms. The molecule has 2 aromatic carbocycles. The summed E-state index contributed by atoms with van der Waals surface area (Å²) >= 11 is 1.15. The van der Waals surface area contributed by atoms with Gasteiger partial charge in [-0.05, 0) is 41.8 Å². The van der Waals surface area contributed by atoms with Crippen LogP contribution in [0.15, 0.2) is 63.7 Å². The highest BCUT2D eigenvalue weighted by Gasteiger charge is 2.35. The van der Waals surface area contributed by atoms with Gasteiger partial charge in [0.15, 0.2) is 12.4 Å². The molecule has 1 aliphatic heterocycles. The first kappa shape index (κ1) is 20.5. The Balaban J connectivity index is 1.53. The number of benzene rings is 2. The van der Waals surface area contributed by atoms with Crippen molar-refractivity contribution in [3.05, 3.63) is 76.2 Å². The third-order valence-electron chi connectivity index (χ3n) is 4.55. The van der Waals surface area contributed by atoms with E-state index in [9.17, 15) is 22.8 Å². The van der Waals surface area contributed by atoms with Crippen LogP contribution < -0.4 is 5.32 Å². The van der Waals surface area contributed by atoms with E-state index < -0.39 is 34.1 Å². The summed E-state index contributed by atoms with van der Waals surface area (Å²) in [7, 11) is -4.00. The minimum Gasteiger partial charge on any atom is -0.452 e. The Kier molecular flexibility index (Phi) is 5.14. The lowest BCUT2D eigenvalue weighted by atomic mass is 10.0. The fraction of sp³-hybridized carbons (Fsp3) is 0.0476. The molecular formula is C21H12N2O6S2. The van der Waals surface area contributed by atoms with Crippen molar-refractivity contribution in [1.29, 1.82) is 5.26 Å². The van der Waals surface area contributed by atoms with Gasteiger partial charge in [0.25, 0.3) is 5.91 Å². The van der Waals surface area contributed by atoms with Crippen molar-refractivity contribution in [2.45, 2.75) is 9.79 Å². The number of ketones is 1. The summed E-state index contributed by atoms with van der Waals surface area (Å²) in [5, 5.41) is 13.4. The van der Waals surface area contributed by atoms with E-state index >= 15 is 0 Å². The number of fused-ring (bicyclic) bond motifs is 2. The summed E-state index contributed by atoms with van der Waals surface area (Å²) in [6.45, 7) is -0.632. The number of thiophene rings is 1. The van der Waals surface area contributed by atoms with Crippen LogP contribution in [0.25, 0.3) is 0 Å². The van der Waals surface area contributed by atoms with E-state index in [1.165, 1.54) is 30.3 Å². The molecule has 31 heavy (non-hydrogen) atoms. The average molecular weight is 452 g/mol. The van der Waals surface area contributed by atoms with E-state index in [0.717, 1.165) is 17.4 Å². The van der Waals surface area contributed by atoms with Crippen LogP contribution in [0.5, 0.6) is 0 Å². The molecule has 10 heteroatoms. The topological polar surface area (TPSA) is 130 Å². The molecule has 1 amide bonds. The normalized spacial score (nSPS) is 13.5. The molecule has 2 heterocycles. The van der Waals surface area contributed by atoms with Gasteiger partial charge in [0.05, 0.1) is 20.9 Å². The largest absolute Gasteiger partial charge is 0.452 e. The van der Waals surface area contributed by atoms with Gasteiger partial charge in [0.2, 0.25) is 9.84 Å². The number of nitrogens with one attached hydrogen (secondary N) is 1. The van der Waals surface area contributed by atoms with Gasteiger partial charge < -0.3 is 10.1 Å². The van der Waals surface area contributed by atoms with Gasteiger partial charge in [-0.25, -0.2) is 13.2 Å². The van der Waals surface area contributed by atoms with E-state index in [-0.39, 0.29) is 32.0 Å². The van der Waals surface area contributed by atoms with Crippen LogP contribution in [-0.2, 0) is 19.4 Å². The molecule has 3 aromatic rings. The van der Waals surface area contributed by atoms with E-state index in [0.29, 0.717) is 5.00 Å². The zero-order chi connectivity index (χ0) is 22.2. The SMILES string of the molecule is N#Cc1ccsc1NC(=O)COC(=O)c1ccc2c(c1)S(=O)(=O)c1ccccc1C2=O. The Morgan fingerprint density at radius 2 is 1.81 bits per heavy atom. The molecular weight excluding hydrogens is 440 g/mol. The Labute approximate surface area is 180 Å². The number of carbonyl (C=O) groups is 3. The predicted molar refractivity (Wildman–Crippen MR) is 110 cm³/mol. The highest BCUT2D eigenvalue weighted by Crippen LogP contribution is 2.34. The monoisotopic (exact) mass is 452 g/mol. The molecule has 8 nitrogen and oxygen atoms in total. The summed E-state index contributed by atoms with van der Waals surface area (Å²) in [6, 6.07) is 12.9. The lowest BCUT2D eigenvalue weighted by Gasteiger charge is -2.19. The van der Waals surface area contributed by atoms with Gasteiger partial charge in [0, 0.05) is 11.1 Å². The number of nitrogens with zero attached hydrogens (tertiary/aromatic N) is 1. The van der Waals surface area contributed by atoms with Crippen LogP contribution >= 0.6 is 11.3 Å². The quantitative estimate of drug-likeness (QED) is 0.471. The van der Waals surface area contributed by atoms with E-state index in [1.54, 1.807) is 17.5 Å². The van der Waals surface area contributed by atoms with Crippen LogP contribution in [-0.4, -0.2) is 32.7 Å². The molecule has 1 aromatic heterocycles. The lowest BCUT2D eigenvalue weighted by Crippen LogP contribution is -2.22. The second-order valence-corrected chi connectivity index (χ2v) is 9.24. The van der Waals surface area contributed by atoms with E-state index in [2.05, 4.69) is 5.32 Å². The fourth-order valence-electron chi connectivity index (χ4n) is 3.08. The highest BCUT2D eigenvalue weighted by molar-refractivity contribution is 7.91. The molecule has 154 valence electrons. The molecule has 0 radical (unpaired) electrons. The van der Waals surface area contributed by atoms with E-state index in [4.69, 9.17) is 10.00 Å². The van der Waals surface area contributed by atoms with Crippen LogP contribution in [0.1, 0.15) is 31.8 Å². The van der Waals surface area contributed by atoms with Crippen molar-refractivity contribution in [3.8, 4) is 6.07 Å². The van der Waals surface area contributed by atoms with Gasteiger partial charge in [-0.1, -0.05) is 12.1 Å². The van der Waals surface area contributed by atoms with Crippen LogP contribution in [0.2, 0.25) is 0 Å². The number of carbonyl (C=O) groups excluding carboxylic acids is 3. The van der Waals surface area contributed by atoms with Crippen molar-refractivity contribution in [2.24, 2.45) is 0 Å². The first-order chi connectivity index (χ1) is 14.8. The van der Waals surface area contributed by atoms with Crippen molar-refractivity contribution >= 4 is 43.8 Å². The molecule has 1 aliphatic rings. The van der Waals surface area contributed by atoms with Crippen LogP contribution in [0, 0.1) is 11.3 Å². The Bertz CT molecular complexity index is 1400. The maximum absolute atomic E-state index is 12.9. The Morgan fingerprint density at radius 3 is 2.58 bits per heavy atom. The molecule has 4 rings (SSSR count). The number of sulfone groups is 1. The third kappa shape index (κ3) is 3.61. The van der Waals surface area contributed by atoms with Crippen molar-refractivity contribution in [1.82, 2.24) is 0 Å². The zero-order valence-electron chi connectivity index (χ0n) is 15.6. The summed E-state index contributed by atoms with van der Waals surface area (Å²) in [5.41, 5.74) is 0.215. The minimum atomic E-state index is -4.00. The molecule has 1 N–H and O–H groups in total. The predicted octanol–water partition coefficient (Wildman–Crippen LogP) is 2.79. The molecule has 0 atom stereocenters. The standard InChI is InChI=1S/C21H12N2O6S2/c22-10-13-7-8-30-20(13)23-18(24)11-29-21(26)12-5-6-15-17(9-12)31(27,28)16-4-2-1-3-14(16)19(15)25/h1-9H,11H2,(H,23,24). The molecule has 0 saturated heterocycles. The second kappa shape index (κ2) is 7.79. The third-order valence-corrected chi connectivity index (χ3v) is 7.23. The summed E-state index contributed by atoms with van der Waals surface area (Å²) in [6.07, 6.45) is 0. The van der Waals surface area contributed by atoms with Crippen molar-refractivity contribution in [3.63, 3.8) is 0 Å². The number of ether oxygens (including phenoxy) is 1. The van der Waals surface area contributed by atoms with E-state index in [1.807, 2.05) is 6.07 Å². The first-order valence-corrected chi connectivity index (χ1v) is 11.2. The maximum Gasteiger partial charge on any atom is 0.338 e. The molecule has 0 spiro atoms. The molecule has 0 saturated carbocycles. The highest BCUT2D eigenvalue weighted by atomic mass is 32.2. The van der Waals surface area contributed by atoms with Gasteiger partial charge in [0.1, 0.15) is 11.1 Å². The average Bonchev–Trinajstić information content (AvgIpc) is 3.22. The second-order valence-electron chi connectivity index (χ2n) is 6.44. The number of amides is 1. The van der Waals surface area contributed by atoms with Crippen molar-refractivity contribution in [2.75, 3.05) is 11.9 Å². The van der Waals surface area contributed by atoms with Gasteiger partial charge in [-0.3, -0.25) is 9.59 Å². The Morgan fingerprint density at radius 1 is 1.06 bits per heavy atom. The molecule has 0 aliphatic carbocycles. The van der Waals surface area contributed by atoms with Gasteiger partial charge in [-0.2, -0.15) is 5.26 Å². The number of rotatable bonds is 4. The number of hydrogen-bond acceptors (Lipinski definition) is 8. The number of hydrogen-bond donors (Lipinski definition) is 1. The number of esters is 1. The first-order valence-electron chi connectivity index (χ1n) is 8.80. The number of nitriles is 1. The Hall–Kier alpha value is -3.81. The smallest absolute Gasteiger partial charge is 0.338 e. The summed E-state index contributed by atoms with van der Waals surface area (Å²) < 4.78 is 30.8. The minimum absolute atomic E-state index is 0.0327. The number of anilines is 1. The summed E-state index contributed by atoms with van der Waals surface area (Å²) in [5.74, 6) is -2.03. The maximum atomic E-state index is 12.9. The molecule has 0 fully saturated rings. The summed E-state index contributed by atoms with van der Waals surface area (Å²) in [4.78, 5) is 36.6. The lowest BCUT2D eigenvalue weighted by molar-refractivity contribution is -0.119. The fourth-order valence-corrected chi connectivity index (χ4v) is 5.51. The zero-order valence-corrected chi connectivity index (χ0v) is 17.2. The van der Waals surface area contributed by atoms with Crippen LogP contribution in [0.3, 0.4) is 0 Å². The van der Waals surface area contributed by atoms with Crippen molar-refractivity contribution < 1.29 is 27.5 Å². The van der Waals surface area contributed by atoms with Crippen LogP contribution in [0.4, 0.5) is 5.00 Å². The van der Waals surface area contributed by atoms with Gasteiger partial charge >= 0.3 is 5.97 Å². The molecule has 0 unspecified atom stereocenters. The van der Waals surface area contributed by atoms with Gasteiger partial charge in [-0.15, -0.1) is 11.3 Å².